The molecule has 1 unspecified atom stereocenters. The first-order valence-corrected chi connectivity index (χ1v) is 6.32. The third kappa shape index (κ3) is 2.06. The van der Waals surface area contributed by atoms with E-state index in [4.69, 9.17) is 12.2 Å². The monoisotopic (exact) mass is 238 g/mol. The number of nitrogens with zero attached hydrogens (tertiary/aromatic N) is 1. The zero-order valence-corrected chi connectivity index (χ0v) is 10.5. The van der Waals surface area contributed by atoms with Crippen LogP contribution < -0.4 is 0 Å². The Bertz CT molecular complexity index is 479. The van der Waals surface area contributed by atoms with Crippen molar-refractivity contribution in [2.24, 2.45) is 0 Å². The lowest BCUT2D eigenvalue weighted by molar-refractivity contribution is 0.569. The van der Waals surface area contributed by atoms with Gasteiger partial charge in [-0.15, -0.1) is 11.3 Å². The quantitative estimate of drug-likeness (QED) is 0.804. The Labute approximate surface area is 98.6 Å². The van der Waals surface area contributed by atoms with Crippen LogP contribution in [0.2, 0.25) is 0 Å². The lowest BCUT2D eigenvalue weighted by Gasteiger charge is -2.14. The first-order valence-electron chi connectivity index (χ1n) is 5.03. The average Bonchev–Trinajstić information content (AvgIpc) is 2.79. The minimum Gasteiger partial charge on any atom is -0.335 e. The van der Waals surface area contributed by atoms with Crippen LogP contribution in [-0.2, 0) is 0 Å². The molecule has 0 aliphatic carbocycles. The van der Waals surface area contributed by atoms with Crippen molar-refractivity contribution in [2.45, 2.75) is 26.3 Å². The molecule has 80 valence electrons. The maximum atomic E-state index is 5.30. The topological polar surface area (TPSA) is 20.7 Å². The molecule has 1 N–H and O–H groups in total. The Morgan fingerprint density at radius 1 is 1.60 bits per heavy atom. The van der Waals surface area contributed by atoms with Crippen LogP contribution >= 0.6 is 23.6 Å². The molecule has 0 saturated heterocycles. The van der Waals surface area contributed by atoms with Crippen LogP contribution in [0.25, 0.3) is 0 Å². The summed E-state index contributed by atoms with van der Waals surface area (Å²) in [6, 6.07) is 4.64. The number of hydrogen-bond acceptors (Lipinski definition) is 2. The maximum absolute atomic E-state index is 5.30. The SMILES string of the molecule is CCC(c1cccs1)n1cc(C)[nH]c1=S. The number of H-pyrrole nitrogens is 1. The fraction of sp³-hybridized carbons (Fsp3) is 0.364. The number of aryl methyl sites for hydroxylation is 1. The van der Waals surface area contributed by atoms with Crippen molar-refractivity contribution in [3.05, 3.63) is 39.1 Å². The molecular formula is C11H14N2S2. The third-order valence-electron chi connectivity index (χ3n) is 2.47. The largest absolute Gasteiger partial charge is 0.335 e. The van der Waals surface area contributed by atoms with Gasteiger partial charge in [-0.1, -0.05) is 13.0 Å². The van der Waals surface area contributed by atoms with Crippen LogP contribution in [0.4, 0.5) is 0 Å². The van der Waals surface area contributed by atoms with Crippen LogP contribution in [-0.4, -0.2) is 9.55 Å². The molecule has 2 aromatic rings. The van der Waals surface area contributed by atoms with Crippen molar-refractivity contribution in [3.63, 3.8) is 0 Å². The zero-order chi connectivity index (χ0) is 10.8. The van der Waals surface area contributed by atoms with Crippen molar-refractivity contribution < 1.29 is 0 Å². The van der Waals surface area contributed by atoms with E-state index >= 15 is 0 Å². The van der Waals surface area contributed by atoms with Crippen LogP contribution in [0, 0.1) is 11.7 Å². The first-order chi connectivity index (χ1) is 7.22. The number of hydrogen-bond donors (Lipinski definition) is 1. The summed E-state index contributed by atoms with van der Waals surface area (Å²) in [5.74, 6) is 0. The summed E-state index contributed by atoms with van der Waals surface area (Å²) < 4.78 is 2.96. The van der Waals surface area contributed by atoms with Crippen molar-refractivity contribution in [1.29, 1.82) is 0 Å². The molecule has 4 heteroatoms. The predicted octanol–water partition coefficient (Wildman–Crippen LogP) is 3.92. The van der Waals surface area contributed by atoms with Gasteiger partial charge in [-0.3, -0.25) is 0 Å². The highest BCUT2D eigenvalue weighted by Crippen LogP contribution is 2.26. The molecule has 0 spiro atoms. The molecule has 0 bridgehead atoms. The number of aromatic amines is 1. The van der Waals surface area contributed by atoms with E-state index in [1.54, 1.807) is 11.3 Å². The van der Waals surface area contributed by atoms with Gasteiger partial charge in [0, 0.05) is 16.8 Å². The highest BCUT2D eigenvalue weighted by atomic mass is 32.1. The van der Waals surface area contributed by atoms with Gasteiger partial charge in [0.2, 0.25) is 0 Å². The van der Waals surface area contributed by atoms with E-state index in [-0.39, 0.29) is 0 Å². The zero-order valence-electron chi connectivity index (χ0n) is 8.86. The molecule has 2 nitrogen and oxygen atoms in total. The standard InChI is InChI=1S/C11H14N2S2/c1-3-9(10-5-4-6-15-10)13-7-8(2)12-11(13)14/h4-7,9H,3H2,1-2H3,(H,12,14). The van der Waals surface area contributed by atoms with E-state index in [1.807, 2.05) is 6.92 Å². The van der Waals surface area contributed by atoms with Gasteiger partial charge >= 0.3 is 0 Å². The molecule has 2 aromatic heterocycles. The number of thiophene rings is 1. The van der Waals surface area contributed by atoms with E-state index in [0.29, 0.717) is 6.04 Å². The molecule has 0 aromatic carbocycles. The highest BCUT2D eigenvalue weighted by Gasteiger charge is 2.13. The molecule has 0 aliphatic heterocycles. The lowest BCUT2D eigenvalue weighted by Crippen LogP contribution is -2.06. The second kappa shape index (κ2) is 4.33. The normalized spacial score (nSPS) is 12.9. The average molecular weight is 238 g/mol. The Kier molecular flexibility index (Phi) is 3.07. The van der Waals surface area contributed by atoms with Crippen LogP contribution in [0.3, 0.4) is 0 Å². The van der Waals surface area contributed by atoms with Gasteiger partial charge in [0.25, 0.3) is 0 Å². The van der Waals surface area contributed by atoms with Gasteiger partial charge in [-0.05, 0) is 37.0 Å². The Morgan fingerprint density at radius 2 is 2.40 bits per heavy atom. The van der Waals surface area contributed by atoms with Gasteiger partial charge in [-0.25, -0.2) is 0 Å². The highest BCUT2D eigenvalue weighted by molar-refractivity contribution is 7.71. The van der Waals surface area contributed by atoms with Gasteiger partial charge in [-0.2, -0.15) is 0 Å². The van der Waals surface area contributed by atoms with Gasteiger partial charge in [0.05, 0.1) is 6.04 Å². The summed E-state index contributed by atoms with van der Waals surface area (Å²) in [6.45, 7) is 4.22. The fourth-order valence-corrected chi connectivity index (χ4v) is 3.03. The number of rotatable bonds is 3. The minimum atomic E-state index is 0.377. The summed E-state index contributed by atoms with van der Waals surface area (Å²) >= 11 is 7.09. The lowest BCUT2D eigenvalue weighted by atomic mass is 10.2. The number of imidazole rings is 1. The summed E-state index contributed by atoms with van der Waals surface area (Å²) in [6.07, 6.45) is 3.16. The van der Waals surface area contributed by atoms with Gasteiger partial charge in [0.1, 0.15) is 0 Å². The molecule has 0 radical (unpaired) electrons. The molecule has 0 aliphatic rings. The Morgan fingerprint density at radius 3 is 2.87 bits per heavy atom. The van der Waals surface area contributed by atoms with Crippen molar-refractivity contribution in [3.8, 4) is 0 Å². The second-order valence-electron chi connectivity index (χ2n) is 3.59. The van der Waals surface area contributed by atoms with Crippen molar-refractivity contribution in [1.82, 2.24) is 9.55 Å². The van der Waals surface area contributed by atoms with Gasteiger partial charge in [0.15, 0.2) is 4.77 Å². The maximum Gasteiger partial charge on any atom is 0.177 e. The summed E-state index contributed by atoms with van der Waals surface area (Å²) in [4.78, 5) is 4.53. The molecule has 0 amide bonds. The predicted molar refractivity (Wildman–Crippen MR) is 67.1 cm³/mol. The van der Waals surface area contributed by atoms with E-state index in [2.05, 4.69) is 40.2 Å². The van der Waals surface area contributed by atoms with Crippen LogP contribution in [0.15, 0.2) is 23.7 Å². The molecule has 0 fully saturated rings. The van der Waals surface area contributed by atoms with E-state index in [0.717, 1.165) is 16.9 Å². The van der Waals surface area contributed by atoms with Crippen LogP contribution in [0.1, 0.15) is 30.0 Å². The molecule has 2 rings (SSSR count). The molecule has 2 heterocycles. The third-order valence-corrected chi connectivity index (χ3v) is 3.75. The van der Waals surface area contributed by atoms with Crippen molar-refractivity contribution >= 4 is 23.6 Å². The number of nitrogens with one attached hydrogen (secondary N) is 1. The smallest absolute Gasteiger partial charge is 0.177 e. The van der Waals surface area contributed by atoms with Crippen molar-refractivity contribution in [2.75, 3.05) is 0 Å². The summed E-state index contributed by atoms with van der Waals surface area (Å²) in [5.41, 5.74) is 1.12. The van der Waals surface area contributed by atoms with Gasteiger partial charge < -0.3 is 9.55 Å². The van der Waals surface area contributed by atoms with E-state index in [1.165, 1.54) is 4.88 Å². The van der Waals surface area contributed by atoms with E-state index in [9.17, 15) is 0 Å². The molecule has 15 heavy (non-hydrogen) atoms. The second-order valence-corrected chi connectivity index (χ2v) is 4.95. The minimum absolute atomic E-state index is 0.377. The molecular weight excluding hydrogens is 224 g/mol. The molecule has 1 atom stereocenters. The first kappa shape index (κ1) is 10.6. The Hall–Kier alpha value is -0.870. The summed E-state index contributed by atoms with van der Waals surface area (Å²) in [5, 5.41) is 2.11. The van der Waals surface area contributed by atoms with Crippen LogP contribution in [0.5, 0.6) is 0 Å². The summed E-state index contributed by atoms with van der Waals surface area (Å²) in [7, 11) is 0. The Balaban J connectivity index is 2.44. The fourth-order valence-electron chi connectivity index (χ4n) is 1.78. The molecule has 0 saturated carbocycles. The van der Waals surface area contributed by atoms with E-state index < -0.39 is 0 Å². The number of aromatic nitrogens is 2.